The lowest BCUT2D eigenvalue weighted by atomic mass is 10.2. The molecule has 0 aliphatic heterocycles. The fourth-order valence-corrected chi connectivity index (χ4v) is 3.21. The molecule has 0 saturated carbocycles. The Labute approximate surface area is 197 Å². The third-order valence-corrected chi connectivity index (χ3v) is 5.00. The molecule has 3 aromatic rings. The van der Waals surface area contributed by atoms with Crippen molar-refractivity contribution in [3.63, 3.8) is 0 Å². The molecule has 9 nitrogen and oxygen atoms in total. The van der Waals surface area contributed by atoms with Crippen molar-refractivity contribution in [1.29, 1.82) is 0 Å². The Hall–Kier alpha value is -3.93. The predicted molar refractivity (Wildman–Crippen MR) is 120 cm³/mol. The van der Waals surface area contributed by atoms with Crippen molar-refractivity contribution in [3.8, 4) is 11.4 Å². The minimum Gasteiger partial charge on any atom is -0.497 e. The zero-order chi connectivity index (χ0) is 25.6. The normalized spacial score (nSPS) is 11.3. The monoisotopic (exact) mass is 492 g/mol. The summed E-state index contributed by atoms with van der Waals surface area (Å²) in [6.07, 6.45) is -4.10. The number of amides is 1. The summed E-state index contributed by atoms with van der Waals surface area (Å²) in [6.45, 7) is 0.337. The summed E-state index contributed by atoms with van der Waals surface area (Å²) in [4.78, 5) is 38.9. The van der Waals surface area contributed by atoms with Crippen molar-refractivity contribution >= 4 is 5.91 Å². The molecule has 0 unspecified atom stereocenters. The molecule has 0 bridgehead atoms. The SMILES string of the molecule is COCCCNC(=O)c1nn(-c2ccc(C(F)(F)F)cc2)c(=O)n(Cc2cccc(OC)c2)c1=O. The molecule has 186 valence electrons. The smallest absolute Gasteiger partial charge is 0.416 e. The molecular weight excluding hydrogens is 469 g/mol. The number of aromatic nitrogens is 3. The van der Waals surface area contributed by atoms with E-state index in [0.717, 1.165) is 33.5 Å². The van der Waals surface area contributed by atoms with Crippen LogP contribution in [0.1, 0.15) is 28.0 Å². The van der Waals surface area contributed by atoms with Gasteiger partial charge in [-0.1, -0.05) is 12.1 Å². The molecule has 1 aromatic heterocycles. The average molecular weight is 492 g/mol. The highest BCUT2D eigenvalue weighted by atomic mass is 19.4. The zero-order valence-corrected chi connectivity index (χ0v) is 19.0. The second-order valence-electron chi connectivity index (χ2n) is 7.43. The Balaban J connectivity index is 2.10. The summed E-state index contributed by atoms with van der Waals surface area (Å²) in [5.74, 6) is -0.338. The van der Waals surface area contributed by atoms with Crippen LogP contribution in [0.4, 0.5) is 13.2 Å². The van der Waals surface area contributed by atoms with Gasteiger partial charge in [-0.05, 0) is 48.4 Å². The number of rotatable bonds is 9. The molecule has 12 heteroatoms. The molecule has 2 aromatic carbocycles. The molecule has 0 spiro atoms. The summed E-state index contributed by atoms with van der Waals surface area (Å²) < 4.78 is 50.5. The number of carbonyl (C=O) groups excluding carboxylic acids is 1. The minimum atomic E-state index is -4.57. The standard InChI is InChI=1S/C23H23F3N4O5/c1-34-12-4-11-27-20(31)19-21(32)29(14-15-5-3-6-18(13-15)35-2)22(33)30(28-19)17-9-7-16(8-10-17)23(24,25)26/h3,5-10,13H,4,11-12,14H2,1-2H3,(H,27,31). The lowest BCUT2D eigenvalue weighted by Crippen LogP contribution is -2.46. The van der Waals surface area contributed by atoms with Crippen LogP contribution in [0.25, 0.3) is 5.69 Å². The van der Waals surface area contributed by atoms with Gasteiger partial charge in [0.15, 0.2) is 0 Å². The maximum absolute atomic E-state index is 13.2. The van der Waals surface area contributed by atoms with E-state index in [9.17, 15) is 27.6 Å². The van der Waals surface area contributed by atoms with Crippen LogP contribution in [-0.4, -0.2) is 47.6 Å². The van der Waals surface area contributed by atoms with Gasteiger partial charge in [0.2, 0.25) is 5.69 Å². The topological polar surface area (TPSA) is 104 Å². The molecule has 0 radical (unpaired) electrons. The van der Waals surface area contributed by atoms with E-state index in [1.807, 2.05) is 0 Å². The summed E-state index contributed by atoms with van der Waals surface area (Å²) in [6, 6.07) is 10.3. The molecule has 1 N–H and O–H groups in total. The Morgan fingerprint density at radius 2 is 1.80 bits per heavy atom. The first-order valence-corrected chi connectivity index (χ1v) is 10.5. The van der Waals surface area contributed by atoms with Crippen LogP contribution in [0.2, 0.25) is 0 Å². The van der Waals surface area contributed by atoms with Crippen LogP contribution in [0.5, 0.6) is 5.75 Å². The molecule has 0 aliphatic rings. The van der Waals surface area contributed by atoms with Crippen molar-refractivity contribution in [2.75, 3.05) is 27.4 Å². The Morgan fingerprint density at radius 3 is 2.43 bits per heavy atom. The van der Waals surface area contributed by atoms with E-state index in [-0.39, 0.29) is 18.8 Å². The van der Waals surface area contributed by atoms with Gasteiger partial charge < -0.3 is 14.8 Å². The zero-order valence-electron chi connectivity index (χ0n) is 19.0. The molecule has 1 amide bonds. The van der Waals surface area contributed by atoms with E-state index in [2.05, 4.69) is 10.4 Å². The largest absolute Gasteiger partial charge is 0.497 e. The quantitative estimate of drug-likeness (QED) is 0.460. The number of nitrogens with zero attached hydrogens (tertiary/aromatic N) is 3. The maximum atomic E-state index is 13.2. The first-order valence-electron chi connectivity index (χ1n) is 10.5. The second kappa shape index (κ2) is 11.0. The number of hydrogen-bond donors (Lipinski definition) is 1. The third-order valence-electron chi connectivity index (χ3n) is 5.00. The van der Waals surface area contributed by atoms with Gasteiger partial charge in [0.05, 0.1) is 24.9 Å². The van der Waals surface area contributed by atoms with Crippen LogP contribution in [0, 0.1) is 0 Å². The fourth-order valence-electron chi connectivity index (χ4n) is 3.21. The molecule has 35 heavy (non-hydrogen) atoms. The van der Waals surface area contributed by atoms with Crippen molar-refractivity contribution < 1.29 is 27.4 Å². The van der Waals surface area contributed by atoms with Crippen LogP contribution < -0.4 is 21.3 Å². The fraction of sp³-hybridized carbons (Fsp3) is 0.304. The highest BCUT2D eigenvalue weighted by molar-refractivity contribution is 5.91. The van der Waals surface area contributed by atoms with E-state index in [1.165, 1.54) is 14.2 Å². The maximum Gasteiger partial charge on any atom is 0.416 e. The first kappa shape index (κ1) is 25.7. The predicted octanol–water partition coefficient (Wildman–Crippen LogP) is 2.24. The van der Waals surface area contributed by atoms with Gasteiger partial charge in [-0.2, -0.15) is 23.0 Å². The number of hydrogen-bond acceptors (Lipinski definition) is 6. The van der Waals surface area contributed by atoms with E-state index >= 15 is 0 Å². The van der Waals surface area contributed by atoms with E-state index in [1.54, 1.807) is 24.3 Å². The molecule has 0 aliphatic carbocycles. The van der Waals surface area contributed by atoms with Gasteiger partial charge >= 0.3 is 11.9 Å². The molecule has 3 rings (SSSR count). The number of ether oxygens (including phenoxy) is 2. The van der Waals surface area contributed by atoms with Crippen molar-refractivity contribution in [3.05, 3.63) is 86.2 Å². The lowest BCUT2D eigenvalue weighted by molar-refractivity contribution is -0.137. The second-order valence-corrected chi connectivity index (χ2v) is 7.43. The molecular formula is C23H23F3N4O5. The number of carbonyl (C=O) groups is 1. The summed E-state index contributed by atoms with van der Waals surface area (Å²) in [5, 5.41) is 6.42. The van der Waals surface area contributed by atoms with Gasteiger partial charge in [-0.15, -0.1) is 0 Å². The van der Waals surface area contributed by atoms with Crippen LogP contribution in [0.3, 0.4) is 0 Å². The molecule has 0 saturated heterocycles. The summed E-state index contributed by atoms with van der Waals surface area (Å²) in [7, 11) is 2.96. The van der Waals surface area contributed by atoms with Crippen molar-refractivity contribution in [1.82, 2.24) is 19.7 Å². The van der Waals surface area contributed by atoms with Crippen LogP contribution in [-0.2, 0) is 17.5 Å². The molecule has 0 fully saturated rings. The highest BCUT2D eigenvalue weighted by Crippen LogP contribution is 2.29. The Bertz CT molecular complexity index is 1300. The number of nitrogens with one attached hydrogen (secondary N) is 1. The summed E-state index contributed by atoms with van der Waals surface area (Å²) in [5.41, 5.74) is -2.88. The Kier molecular flexibility index (Phi) is 8.07. The van der Waals surface area contributed by atoms with Gasteiger partial charge in [-0.25, -0.2) is 4.79 Å². The molecule has 1 heterocycles. The van der Waals surface area contributed by atoms with Crippen LogP contribution in [0.15, 0.2) is 58.1 Å². The average Bonchev–Trinajstić information content (AvgIpc) is 2.84. The lowest BCUT2D eigenvalue weighted by Gasteiger charge is -2.13. The number of methoxy groups -OCH3 is 2. The highest BCUT2D eigenvalue weighted by Gasteiger charge is 2.30. The first-order chi connectivity index (χ1) is 16.7. The number of halogens is 3. The third kappa shape index (κ3) is 6.15. The van der Waals surface area contributed by atoms with Crippen molar-refractivity contribution in [2.24, 2.45) is 0 Å². The van der Waals surface area contributed by atoms with Gasteiger partial charge in [0.1, 0.15) is 5.75 Å². The van der Waals surface area contributed by atoms with E-state index in [0.29, 0.717) is 24.3 Å². The van der Waals surface area contributed by atoms with Gasteiger partial charge in [0.25, 0.3) is 11.5 Å². The number of alkyl halides is 3. The van der Waals surface area contributed by atoms with Gasteiger partial charge in [0, 0.05) is 20.3 Å². The van der Waals surface area contributed by atoms with Crippen molar-refractivity contribution in [2.45, 2.75) is 19.1 Å². The van der Waals surface area contributed by atoms with E-state index in [4.69, 9.17) is 9.47 Å². The summed E-state index contributed by atoms with van der Waals surface area (Å²) >= 11 is 0. The Morgan fingerprint density at radius 1 is 1.09 bits per heavy atom. The van der Waals surface area contributed by atoms with E-state index < -0.39 is 34.6 Å². The molecule has 0 atom stereocenters. The minimum absolute atomic E-state index is 0.0455. The van der Waals surface area contributed by atoms with Crippen LogP contribution >= 0.6 is 0 Å². The van der Waals surface area contributed by atoms with Gasteiger partial charge in [-0.3, -0.25) is 14.2 Å². The number of benzene rings is 2.